The minimum atomic E-state index is -0.765. The molecule has 190 valence electrons. The van der Waals surface area contributed by atoms with Gasteiger partial charge in [0.05, 0.1) is 19.2 Å². The van der Waals surface area contributed by atoms with Crippen LogP contribution in [0.4, 0.5) is 4.79 Å². The number of benzene rings is 1. The second-order valence-electron chi connectivity index (χ2n) is 8.04. The summed E-state index contributed by atoms with van der Waals surface area (Å²) in [7, 11) is 4.57. The lowest BCUT2D eigenvalue weighted by Crippen LogP contribution is -2.71. The molecule has 1 aromatic carbocycles. The van der Waals surface area contributed by atoms with Crippen LogP contribution in [0.2, 0.25) is 0 Å². The summed E-state index contributed by atoms with van der Waals surface area (Å²) in [4.78, 5) is 54.7. The number of fused-ring (bicyclic) bond motifs is 1. The predicted molar refractivity (Wildman–Crippen MR) is 135 cm³/mol. The minimum absolute atomic E-state index is 0.00659. The number of methoxy groups -OCH3 is 1. The summed E-state index contributed by atoms with van der Waals surface area (Å²) in [6, 6.07) is 9.56. The van der Waals surface area contributed by atoms with Crippen molar-refractivity contribution in [2.24, 2.45) is 0 Å². The molecule has 2 atom stereocenters. The van der Waals surface area contributed by atoms with Crippen molar-refractivity contribution < 1.29 is 28.7 Å². The molecular weight excluding hydrogens is 504 g/mol. The van der Waals surface area contributed by atoms with E-state index in [0.29, 0.717) is 11.4 Å². The number of ether oxygens (including phenoxy) is 2. The molecular formula is C24H26N4O6S2. The molecule has 4 rings (SSSR count). The lowest BCUT2D eigenvalue weighted by Gasteiger charge is -2.50. The number of β-lactam (4-membered cyclic amide) rings is 1. The van der Waals surface area contributed by atoms with Crippen LogP contribution in [0.15, 0.2) is 53.2 Å². The number of amides is 4. The summed E-state index contributed by atoms with van der Waals surface area (Å²) < 4.78 is 10.7. The number of carbonyl (C=O) groups is 4. The van der Waals surface area contributed by atoms with Crippen LogP contribution in [0.1, 0.15) is 10.4 Å². The summed E-state index contributed by atoms with van der Waals surface area (Å²) in [5.41, 5.74) is 1.10. The van der Waals surface area contributed by atoms with Gasteiger partial charge in [-0.1, -0.05) is 18.2 Å². The van der Waals surface area contributed by atoms with Crippen LogP contribution in [0.5, 0.6) is 5.75 Å². The number of esters is 1. The molecule has 1 saturated heterocycles. The Hall–Kier alpha value is -3.51. The number of rotatable bonds is 8. The van der Waals surface area contributed by atoms with Crippen molar-refractivity contribution in [3.63, 3.8) is 0 Å². The molecule has 2 aromatic rings. The molecule has 36 heavy (non-hydrogen) atoms. The van der Waals surface area contributed by atoms with Gasteiger partial charge in [-0.25, -0.2) is 9.59 Å². The van der Waals surface area contributed by atoms with E-state index in [2.05, 4.69) is 10.6 Å². The van der Waals surface area contributed by atoms with Crippen LogP contribution in [-0.2, 0) is 32.1 Å². The zero-order valence-electron chi connectivity index (χ0n) is 20.0. The van der Waals surface area contributed by atoms with Gasteiger partial charge in [-0.3, -0.25) is 19.4 Å². The maximum atomic E-state index is 13.2. The Morgan fingerprint density at radius 3 is 2.58 bits per heavy atom. The van der Waals surface area contributed by atoms with Crippen molar-refractivity contribution in [2.75, 3.05) is 27.0 Å². The van der Waals surface area contributed by atoms with Gasteiger partial charge < -0.3 is 20.1 Å². The topological polar surface area (TPSA) is 117 Å². The van der Waals surface area contributed by atoms with E-state index in [1.807, 2.05) is 17.5 Å². The molecule has 2 aliphatic rings. The molecule has 2 N–H and O–H groups in total. The van der Waals surface area contributed by atoms with Crippen molar-refractivity contribution in [1.29, 1.82) is 0 Å². The third-order valence-corrected chi connectivity index (χ3v) is 7.97. The van der Waals surface area contributed by atoms with E-state index in [1.165, 1.54) is 47.0 Å². The summed E-state index contributed by atoms with van der Waals surface area (Å²) in [5.74, 6) is -0.461. The second-order valence-corrected chi connectivity index (χ2v) is 10.2. The van der Waals surface area contributed by atoms with Gasteiger partial charge in [0.25, 0.3) is 5.91 Å². The van der Waals surface area contributed by atoms with Gasteiger partial charge >= 0.3 is 12.0 Å². The van der Waals surface area contributed by atoms with Crippen LogP contribution in [0.25, 0.3) is 0 Å². The molecule has 0 saturated carbocycles. The minimum Gasteiger partial charge on any atom is -0.497 e. The molecule has 0 aliphatic carbocycles. The van der Waals surface area contributed by atoms with E-state index in [1.54, 1.807) is 31.4 Å². The van der Waals surface area contributed by atoms with Gasteiger partial charge in [0, 0.05) is 24.7 Å². The van der Waals surface area contributed by atoms with E-state index in [9.17, 15) is 19.2 Å². The average Bonchev–Trinajstić information content (AvgIpc) is 3.41. The van der Waals surface area contributed by atoms with Gasteiger partial charge in [-0.15, -0.1) is 23.1 Å². The zero-order valence-corrected chi connectivity index (χ0v) is 21.6. The number of hydrogen-bond acceptors (Lipinski definition) is 8. The highest BCUT2D eigenvalue weighted by molar-refractivity contribution is 8.00. The number of carbonyl (C=O) groups excluding carboxylic acids is 4. The Bertz CT molecular complexity index is 1180. The first-order chi connectivity index (χ1) is 17.3. The van der Waals surface area contributed by atoms with Crippen molar-refractivity contribution >= 4 is 46.9 Å². The fourth-order valence-electron chi connectivity index (χ4n) is 3.87. The molecule has 1 fully saturated rings. The van der Waals surface area contributed by atoms with Gasteiger partial charge in [0.2, 0.25) is 5.91 Å². The van der Waals surface area contributed by atoms with Crippen LogP contribution in [0.3, 0.4) is 0 Å². The van der Waals surface area contributed by atoms with Crippen LogP contribution >= 0.6 is 23.1 Å². The number of hydrogen-bond donors (Lipinski definition) is 2. The van der Waals surface area contributed by atoms with Crippen molar-refractivity contribution in [2.45, 2.75) is 24.4 Å². The highest BCUT2D eigenvalue weighted by atomic mass is 32.2. The fraction of sp³-hybridized carbons (Fsp3) is 0.333. The molecule has 1 aromatic heterocycles. The third kappa shape index (κ3) is 5.19. The lowest BCUT2D eigenvalue weighted by atomic mass is 10.0. The molecule has 0 radical (unpaired) electrons. The van der Waals surface area contributed by atoms with E-state index < -0.39 is 29.3 Å². The Morgan fingerprint density at radius 2 is 1.94 bits per heavy atom. The Labute approximate surface area is 216 Å². The van der Waals surface area contributed by atoms with Crippen molar-refractivity contribution in [3.05, 3.63) is 63.6 Å². The summed E-state index contributed by atoms with van der Waals surface area (Å²) in [6.45, 7) is -0.0237. The largest absolute Gasteiger partial charge is 0.497 e. The van der Waals surface area contributed by atoms with E-state index in [-0.39, 0.29) is 30.4 Å². The van der Waals surface area contributed by atoms with Gasteiger partial charge in [-0.05, 0) is 29.1 Å². The van der Waals surface area contributed by atoms with Crippen molar-refractivity contribution in [3.8, 4) is 5.75 Å². The SMILES string of the molecule is CNC(=O)N(C)C1=C(C(=O)OCc2ccc(OC)cc2)N2C(=O)C(NC(=O)Cc3cccs3)[C@@H]2SC1. The maximum absolute atomic E-state index is 13.2. The average molecular weight is 531 g/mol. The first-order valence-corrected chi connectivity index (χ1v) is 13.0. The van der Waals surface area contributed by atoms with Gasteiger partial charge in [0.15, 0.2) is 5.70 Å². The van der Waals surface area contributed by atoms with Crippen LogP contribution < -0.4 is 15.4 Å². The van der Waals surface area contributed by atoms with Gasteiger partial charge in [0.1, 0.15) is 23.8 Å². The predicted octanol–water partition coefficient (Wildman–Crippen LogP) is 1.93. The number of nitrogens with zero attached hydrogens (tertiary/aromatic N) is 2. The van der Waals surface area contributed by atoms with E-state index >= 15 is 0 Å². The highest BCUT2D eigenvalue weighted by Gasteiger charge is 2.55. The number of thiophene rings is 1. The molecule has 1 unspecified atom stereocenters. The second kappa shape index (κ2) is 11.0. The smallest absolute Gasteiger partial charge is 0.357 e. The summed E-state index contributed by atoms with van der Waals surface area (Å²) >= 11 is 2.84. The summed E-state index contributed by atoms with van der Waals surface area (Å²) in [6.07, 6.45) is 0.177. The van der Waals surface area contributed by atoms with Crippen LogP contribution in [-0.4, -0.2) is 72.0 Å². The molecule has 4 amide bonds. The van der Waals surface area contributed by atoms with E-state index in [4.69, 9.17) is 9.47 Å². The van der Waals surface area contributed by atoms with Crippen LogP contribution in [0, 0.1) is 0 Å². The van der Waals surface area contributed by atoms with Gasteiger partial charge in [-0.2, -0.15) is 0 Å². The van der Waals surface area contributed by atoms with Crippen molar-refractivity contribution in [1.82, 2.24) is 20.4 Å². The fourth-order valence-corrected chi connectivity index (χ4v) is 5.97. The summed E-state index contributed by atoms with van der Waals surface area (Å²) in [5, 5.41) is 6.71. The number of nitrogens with one attached hydrogen (secondary N) is 2. The molecule has 2 aliphatic heterocycles. The first kappa shape index (κ1) is 25.6. The maximum Gasteiger partial charge on any atom is 0.357 e. The normalized spacial score (nSPS) is 18.6. The molecule has 3 heterocycles. The molecule has 0 bridgehead atoms. The number of thioether (sulfide) groups is 1. The Kier molecular flexibility index (Phi) is 7.85. The number of urea groups is 1. The third-order valence-electron chi connectivity index (χ3n) is 5.83. The molecule has 12 heteroatoms. The quantitative estimate of drug-likeness (QED) is 0.396. The zero-order chi connectivity index (χ0) is 25.8. The highest BCUT2D eigenvalue weighted by Crippen LogP contribution is 2.41. The lowest BCUT2D eigenvalue weighted by molar-refractivity contribution is -0.153. The molecule has 0 spiro atoms. The first-order valence-electron chi connectivity index (χ1n) is 11.1. The van der Waals surface area contributed by atoms with E-state index in [0.717, 1.165) is 10.4 Å². The standard InChI is InChI=1S/C24H26N4O6S2/c1-25-24(32)27(2)17-13-36-22-19(26-18(29)11-16-5-4-10-35-16)21(30)28(22)20(17)23(31)34-12-14-6-8-15(33-3)9-7-14/h4-10,19,22H,11-13H2,1-3H3,(H,25,32)(H,26,29)/t19?,22-/m0/s1. The Balaban J connectivity index is 1.51. The monoisotopic (exact) mass is 530 g/mol. The Morgan fingerprint density at radius 1 is 1.19 bits per heavy atom. The molecule has 10 nitrogen and oxygen atoms in total.